The molecule has 1 heterocycles. The fourth-order valence-corrected chi connectivity index (χ4v) is 2.67. The van der Waals surface area contributed by atoms with Crippen LogP contribution in [-0.4, -0.2) is 54.2 Å². The number of benzene rings is 1. The van der Waals surface area contributed by atoms with Crippen molar-refractivity contribution in [2.45, 2.75) is 27.7 Å². The second kappa shape index (κ2) is 7.03. The third-order valence-electron chi connectivity index (χ3n) is 4.49. The van der Waals surface area contributed by atoms with Gasteiger partial charge in [-0.2, -0.15) is 0 Å². The summed E-state index contributed by atoms with van der Waals surface area (Å²) in [6, 6.07) is 5.82. The van der Waals surface area contributed by atoms with E-state index < -0.39 is 5.41 Å². The summed E-state index contributed by atoms with van der Waals surface area (Å²) < 4.78 is 0. The first-order chi connectivity index (χ1) is 11.3. The average molecular weight is 331 g/mol. The van der Waals surface area contributed by atoms with Crippen LogP contribution in [0.3, 0.4) is 0 Å². The van der Waals surface area contributed by atoms with Crippen molar-refractivity contribution in [3.8, 4) is 0 Å². The standard InChI is InChI=1S/C18H25N3O3/c1-13-5-6-14(2)15(11-13)19-16(23)18(3,4)17(24)21-9-7-20(12-22)8-10-21/h5-6,11-12H,7-10H2,1-4H3,(H,19,23). The van der Waals surface area contributed by atoms with Crippen LogP contribution in [0.4, 0.5) is 5.69 Å². The highest BCUT2D eigenvalue weighted by molar-refractivity contribution is 6.10. The van der Waals surface area contributed by atoms with Crippen molar-refractivity contribution in [3.63, 3.8) is 0 Å². The van der Waals surface area contributed by atoms with Crippen LogP contribution in [0.25, 0.3) is 0 Å². The van der Waals surface area contributed by atoms with Gasteiger partial charge in [-0.3, -0.25) is 14.4 Å². The number of nitrogens with one attached hydrogen (secondary N) is 1. The number of rotatable bonds is 4. The second-order valence-corrected chi connectivity index (χ2v) is 6.83. The van der Waals surface area contributed by atoms with Gasteiger partial charge in [-0.05, 0) is 44.9 Å². The summed E-state index contributed by atoms with van der Waals surface area (Å²) in [5, 5.41) is 2.88. The van der Waals surface area contributed by atoms with Crippen LogP contribution in [-0.2, 0) is 14.4 Å². The first kappa shape index (κ1) is 18.0. The topological polar surface area (TPSA) is 69.7 Å². The Bertz CT molecular complexity index is 647. The van der Waals surface area contributed by atoms with Gasteiger partial charge in [0.1, 0.15) is 5.41 Å². The third kappa shape index (κ3) is 3.75. The van der Waals surface area contributed by atoms with Gasteiger partial charge >= 0.3 is 0 Å². The largest absolute Gasteiger partial charge is 0.342 e. The highest BCUT2D eigenvalue weighted by Crippen LogP contribution is 2.24. The molecule has 1 N–H and O–H groups in total. The van der Waals surface area contributed by atoms with E-state index >= 15 is 0 Å². The molecule has 24 heavy (non-hydrogen) atoms. The molecule has 0 spiro atoms. The van der Waals surface area contributed by atoms with E-state index in [1.54, 1.807) is 23.6 Å². The van der Waals surface area contributed by atoms with E-state index in [1.165, 1.54) is 0 Å². The first-order valence-electron chi connectivity index (χ1n) is 8.13. The number of amides is 3. The number of carbonyl (C=O) groups excluding carboxylic acids is 3. The summed E-state index contributed by atoms with van der Waals surface area (Å²) in [5.41, 5.74) is 1.56. The fraction of sp³-hybridized carbons (Fsp3) is 0.500. The average Bonchev–Trinajstić information content (AvgIpc) is 2.57. The second-order valence-electron chi connectivity index (χ2n) is 6.83. The normalized spacial score (nSPS) is 15.2. The molecule has 6 heteroatoms. The van der Waals surface area contributed by atoms with E-state index in [9.17, 15) is 14.4 Å². The molecule has 1 fully saturated rings. The van der Waals surface area contributed by atoms with Crippen molar-refractivity contribution < 1.29 is 14.4 Å². The monoisotopic (exact) mass is 331 g/mol. The fourth-order valence-electron chi connectivity index (χ4n) is 2.67. The Morgan fingerprint density at radius 2 is 1.75 bits per heavy atom. The van der Waals surface area contributed by atoms with Gasteiger partial charge in [-0.15, -0.1) is 0 Å². The summed E-state index contributed by atoms with van der Waals surface area (Å²) >= 11 is 0. The van der Waals surface area contributed by atoms with E-state index in [4.69, 9.17) is 0 Å². The summed E-state index contributed by atoms with van der Waals surface area (Å²) in [4.78, 5) is 39.5. The zero-order valence-corrected chi connectivity index (χ0v) is 14.8. The van der Waals surface area contributed by atoms with Crippen LogP contribution >= 0.6 is 0 Å². The van der Waals surface area contributed by atoms with Gasteiger partial charge in [-0.25, -0.2) is 0 Å². The van der Waals surface area contributed by atoms with Crippen LogP contribution < -0.4 is 5.32 Å². The quantitative estimate of drug-likeness (QED) is 0.672. The number of hydrogen-bond donors (Lipinski definition) is 1. The molecular weight excluding hydrogens is 306 g/mol. The van der Waals surface area contributed by atoms with Crippen LogP contribution in [0, 0.1) is 19.3 Å². The van der Waals surface area contributed by atoms with Crippen molar-refractivity contribution in [1.29, 1.82) is 0 Å². The molecule has 1 aromatic rings. The molecule has 0 radical (unpaired) electrons. The van der Waals surface area contributed by atoms with Crippen molar-refractivity contribution in [3.05, 3.63) is 29.3 Å². The number of hydrogen-bond acceptors (Lipinski definition) is 3. The Balaban J connectivity index is 2.08. The summed E-state index contributed by atoms with van der Waals surface area (Å²) in [6.07, 6.45) is 0.792. The molecule has 2 rings (SSSR count). The third-order valence-corrected chi connectivity index (χ3v) is 4.49. The van der Waals surface area contributed by atoms with Gasteiger partial charge in [0.25, 0.3) is 0 Å². The zero-order chi connectivity index (χ0) is 17.9. The smallest absolute Gasteiger partial charge is 0.239 e. The maximum Gasteiger partial charge on any atom is 0.239 e. The Labute approximate surface area is 142 Å². The molecule has 130 valence electrons. The summed E-state index contributed by atoms with van der Waals surface area (Å²) in [7, 11) is 0. The molecule has 0 saturated carbocycles. The first-order valence-corrected chi connectivity index (χ1v) is 8.13. The number of piperazine rings is 1. The highest BCUT2D eigenvalue weighted by atomic mass is 16.2. The molecule has 0 bridgehead atoms. The number of nitrogens with zero attached hydrogens (tertiary/aromatic N) is 2. The Kier molecular flexibility index (Phi) is 5.26. The van der Waals surface area contributed by atoms with Crippen molar-refractivity contribution in [2.24, 2.45) is 5.41 Å². The van der Waals surface area contributed by atoms with Crippen LogP contribution in [0.2, 0.25) is 0 Å². The minimum absolute atomic E-state index is 0.212. The summed E-state index contributed by atoms with van der Waals surface area (Å²) in [6.45, 7) is 9.08. The number of carbonyl (C=O) groups is 3. The molecule has 3 amide bonds. The Hall–Kier alpha value is -2.37. The van der Waals surface area contributed by atoms with Gasteiger partial charge < -0.3 is 15.1 Å². The Morgan fingerprint density at radius 3 is 2.33 bits per heavy atom. The van der Waals surface area contributed by atoms with Gasteiger partial charge in [0.2, 0.25) is 18.2 Å². The van der Waals surface area contributed by atoms with E-state index in [1.807, 2.05) is 32.0 Å². The predicted molar refractivity (Wildman–Crippen MR) is 92.5 cm³/mol. The van der Waals surface area contributed by atoms with E-state index in [-0.39, 0.29) is 11.8 Å². The van der Waals surface area contributed by atoms with Crippen LogP contribution in [0.15, 0.2) is 18.2 Å². The summed E-state index contributed by atoms with van der Waals surface area (Å²) in [5.74, 6) is -0.533. The molecular formula is C18H25N3O3. The van der Waals surface area contributed by atoms with Gasteiger partial charge in [-0.1, -0.05) is 12.1 Å². The predicted octanol–water partition coefficient (Wildman–Crippen LogP) is 1.57. The maximum absolute atomic E-state index is 12.8. The molecule has 1 aliphatic heterocycles. The Morgan fingerprint density at radius 1 is 1.12 bits per heavy atom. The molecule has 1 aliphatic rings. The number of anilines is 1. The molecule has 6 nitrogen and oxygen atoms in total. The van der Waals surface area contributed by atoms with Crippen LogP contribution in [0.5, 0.6) is 0 Å². The molecule has 0 aromatic heterocycles. The SMILES string of the molecule is Cc1ccc(C)c(NC(=O)C(C)(C)C(=O)N2CCN(C=O)CC2)c1. The molecule has 1 saturated heterocycles. The molecule has 0 atom stereocenters. The van der Waals surface area contributed by atoms with Crippen molar-refractivity contribution >= 4 is 23.9 Å². The lowest BCUT2D eigenvalue weighted by atomic mass is 9.89. The molecule has 0 aliphatic carbocycles. The van der Waals surface area contributed by atoms with Crippen molar-refractivity contribution in [2.75, 3.05) is 31.5 Å². The van der Waals surface area contributed by atoms with Gasteiger partial charge in [0.05, 0.1) is 0 Å². The van der Waals surface area contributed by atoms with Crippen LogP contribution in [0.1, 0.15) is 25.0 Å². The molecule has 1 aromatic carbocycles. The lowest BCUT2D eigenvalue weighted by Gasteiger charge is -2.36. The minimum atomic E-state index is -1.17. The highest BCUT2D eigenvalue weighted by Gasteiger charge is 2.40. The van der Waals surface area contributed by atoms with E-state index in [0.717, 1.165) is 23.2 Å². The molecule has 0 unspecified atom stereocenters. The maximum atomic E-state index is 12.8. The van der Waals surface area contributed by atoms with Gasteiger partial charge in [0.15, 0.2) is 0 Å². The lowest BCUT2D eigenvalue weighted by molar-refractivity contribution is -0.148. The van der Waals surface area contributed by atoms with Crippen molar-refractivity contribution in [1.82, 2.24) is 9.80 Å². The van der Waals surface area contributed by atoms with E-state index in [2.05, 4.69) is 5.32 Å². The number of aryl methyl sites for hydroxylation is 2. The van der Waals surface area contributed by atoms with E-state index in [0.29, 0.717) is 26.2 Å². The minimum Gasteiger partial charge on any atom is -0.342 e. The lowest BCUT2D eigenvalue weighted by Crippen LogP contribution is -2.54. The van der Waals surface area contributed by atoms with Gasteiger partial charge in [0, 0.05) is 31.9 Å². The zero-order valence-electron chi connectivity index (χ0n) is 14.8.